The summed E-state index contributed by atoms with van der Waals surface area (Å²) in [5, 5.41) is 19.1. The molecule has 10 nitrogen and oxygen atoms in total. The second kappa shape index (κ2) is 13.1. The standard InChI is InChI=1S/C15H23N5O3.C2H4O2/c16-11(7-4-8-19-15(17)18)13(21)20-12(14(22)23)9-10-5-2-1-3-6-10;1-2(3)4/h1-3,5-6,11-12H,4,7-9,16H2,(H,20,21)(H,22,23)(H4,17,18,19);1H3,(H,3,4)/t11-,12-;/m0./s1. The molecule has 0 unspecified atom stereocenters. The molecule has 0 aromatic heterocycles. The lowest BCUT2D eigenvalue weighted by molar-refractivity contribution is -0.142. The van der Waals surface area contributed by atoms with Crippen molar-refractivity contribution in [3.8, 4) is 0 Å². The molecule has 2 atom stereocenters. The lowest BCUT2D eigenvalue weighted by Crippen LogP contribution is -2.49. The normalized spacial score (nSPS) is 11.9. The summed E-state index contributed by atoms with van der Waals surface area (Å²) < 4.78 is 0. The largest absolute Gasteiger partial charge is 0.481 e. The number of carbonyl (C=O) groups is 3. The van der Waals surface area contributed by atoms with Crippen molar-refractivity contribution < 1.29 is 24.6 Å². The van der Waals surface area contributed by atoms with Gasteiger partial charge in [0.15, 0.2) is 5.96 Å². The van der Waals surface area contributed by atoms with E-state index in [0.717, 1.165) is 12.5 Å². The third-order valence-corrected chi connectivity index (χ3v) is 3.20. The average molecular weight is 381 g/mol. The van der Waals surface area contributed by atoms with Gasteiger partial charge in [0, 0.05) is 19.9 Å². The van der Waals surface area contributed by atoms with E-state index in [9.17, 15) is 14.7 Å². The van der Waals surface area contributed by atoms with Gasteiger partial charge in [-0.2, -0.15) is 0 Å². The molecule has 9 N–H and O–H groups in total. The van der Waals surface area contributed by atoms with Crippen LogP contribution in [-0.2, 0) is 20.8 Å². The predicted molar refractivity (Wildman–Crippen MR) is 101 cm³/mol. The number of nitrogens with one attached hydrogen (secondary N) is 1. The Morgan fingerprint density at radius 1 is 1.15 bits per heavy atom. The van der Waals surface area contributed by atoms with Crippen LogP contribution in [0.1, 0.15) is 25.3 Å². The highest BCUT2D eigenvalue weighted by Gasteiger charge is 2.23. The van der Waals surface area contributed by atoms with Crippen LogP contribution < -0.4 is 22.5 Å². The van der Waals surface area contributed by atoms with E-state index < -0.39 is 29.9 Å². The zero-order valence-corrected chi connectivity index (χ0v) is 15.2. The summed E-state index contributed by atoms with van der Waals surface area (Å²) in [6, 6.07) is 7.24. The van der Waals surface area contributed by atoms with Crippen LogP contribution >= 0.6 is 0 Å². The zero-order chi connectivity index (χ0) is 20.8. The summed E-state index contributed by atoms with van der Waals surface area (Å²) in [7, 11) is 0. The number of carboxylic acids is 2. The lowest BCUT2D eigenvalue weighted by atomic mass is 10.0. The molecule has 0 radical (unpaired) electrons. The Bertz CT molecular complexity index is 628. The van der Waals surface area contributed by atoms with Crippen molar-refractivity contribution >= 4 is 23.8 Å². The number of guanidine groups is 1. The Morgan fingerprint density at radius 2 is 1.70 bits per heavy atom. The second-order valence-corrected chi connectivity index (χ2v) is 5.66. The van der Waals surface area contributed by atoms with Crippen molar-refractivity contribution in [2.45, 2.75) is 38.3 Å². The summed E-state index contributed by atoms with van der Waals surface area (Å²) in [4.78, 5) is 36.1. The summed E-state index contributed by atoms with van der Waals surface area (Å²) in [6.07, 6.45) is 1.09. The van der Waals surface area contributed by atoms with Gasteiger partial charge in [-0.05, 0) is 18.4 Å². The molecule has 150 valence electrons. The number of hydrogen-bond acceptors (Lipinski definition) is 5. The van der Waals surface area contributed by atoms with Crippen LogP contribution in [0.4, 0.5) is 0 Å². The highest BCUT2D eigenvalue weighted by Crippen LogP contribution is 2.04. The molecule has 1 aromatic rings. The van der Waals surface area contributed by atoms with Crippen LogP contribution in [0, 0.1) is 0 Å². The maximum atomic E-state index is 12.0. The zero-order valence-electron chi connectivity index (χ0n) is 15.2. The third kappa shape index (κ3) is 12.8. The Labute approximate surface area is 157 Å². The molecule has 0 heterocycles. The molecule has 0 saturated carbocycles. The SMILES string of the molecule is CC(=O)O.NC(N)=NCCC[C@H](N)C(=O)N[C@@H](Cc1ccccc1)C(=O)O. The minimum atomic E-state index is -1.10. The molecule has 0 fully saturated rings. The first-order valence-corrected chi connectivity index (χ1v) is 8.21. The van der Waals surface area contributed by atoms with Gasteiger partial charge >= 0.3 is 5.97 Å². The smallest absolute Gasteiger partial charge is 0.326 e. The molecule has 1 amide bonds. The van der Waals surface area contributed by atoms with Crippen molar-refractivity contribution in [1.82, 2.24) is 5.32 Å². The van der Waals surface area contributed by atoms with Gasteiger partial charge in [0.1, 0.15) is 6.04 Å². The van der Waals surface area contributed by atoms with Gasteiger partial charge in [0.2, 0.25) is 5.91 Å². The Balaban J connectivity index is 0.00000153. The van der Waals surface area contributed by atoms with Gasteiger partial charge in [0.05, 0.1) is 6.04 Å². The average Bonchev–Trinajstić information content (AvgIpc) is 2.58. The second-order valence-electron chi connectivity index (χ2n) is 5.66. The van der Waals surface area contributed by atoms with Gasteiger partial charge in [0.25, 0.3) is 5.97 Å². The summed E-state index contributed by atoms with van der Waals surface area (Å²) in [5.74, 6) is -2.45. The lowest BCUT2D eigenvalue weighted by Gasteiger charge is -2.17. The van der Waals surface area contributed by atoms with Crippen LogP contribution in [0.2, 0.25) is 0 Å². The number of carbonyl (C=O) groups excluding carboxylic acids is 1. The van der Waals surface area contributed by atoms with Gasteiger partial charge in [-0.1, -0.05) is 30.3 Å². The first-order valence-electron chi connectivity index (χ1n) is 8.21. The number of nitrogens with zero attached hydrogens (tertiary/aromatic N) is 1. The number of benzene rings is 1. The predicted octanol–water partition coefficient (Wildman–Crippen LogP) is -0.730. The van der Waals surface area contributed by atoms with E-state index in [2.05, 4.69) is 10.3 Å². The number of aliphatic imine (C=N–C) groups is 1. The van der Waals surface area contributed by atoms with E-state index in [1.54, 1.807) is 12.1 Å². The number of nitrogens with two attached hydrogens (primary N) is 3. The van der Waals surface area contributed by atoms with E-state index in [0.29, 0.717) is 19.4 Å². The number of rotatable bonds is 9. The van der Waals surface area contributed by atoms with Crippen LogP contribution in [0.15, 0.2) is 35.3 Å². The number of hydrogen-bond donors (Lipinski definition) is 6. The van der Waals surface area contributed by atoms with Crippen LogP contribution in [0.3, 0.4) is 0 Å². The fraction of sp³-hybridized carbons (Fsp3) is 0.412. The van der Waals surface area contributed by atoms with Crippen molar-refractivity contribution in [2.24, 2.45) is 22.2 Å². The summed E-state index contributed by atoms with van der Waals surface area (Å²) >= 11 is 0. The van der Waals surface area contributed by atoms with Gasteiger partial charge in [-0.15, -0.1) is 0 Å². The van der Waals surface area contributed by atoms with Crippen molar-refractivity contribution in [3.63, 3.8) is 0 Å². The quantitative estimate of drug-likeness (QED) is 0.183. The van der Waals surface area contributed by atoms with Gasteiger partial charge in [-0.25, -0.2) is 4.79 Å². The van der Waals surface area contributed by atoms with E-state index >= 15 is 0 Å². The third-order valence-electron chi connectivity index (χ3n) is 3.20. The molecule has 0 aliphatic carbocycles. The molecule has 0 saturated heterocycles. The molecule has 1 rings (SSSR count). The first kappa shape index (κ1) is 23.9. The number of aliphatic carboxylic acids is 2. The first-order chi connectivity index (χ1) is 12.6. The molecular weight excluding hydrogens is 354 g/mol. The van der Waals surface area contributed by atoms with Crippen molar-refractivity contribution in [3.05, 3.63) is 35.9 Å². The molecule has 0 spiro atoms. The minimum Gasteiger partial charge on any atom is -0.481 e. The minimum absolute atomic E-state index is 0.0168. The van der Waals surface area contributed by atoms with Crippen molar-refractivity contribution in [1.29, 1.82) is 0 Å². The van der Waals surface area contributed by atoms with Gasteiger partial charge < -0.3 is 32.7 Å². The Morgan fingerprint density at radius 3 is 2.19 bits per heavy atom. The van der Waals surface area contributed by atoms with Crippen LogP contribution in [-0.4, -0.2) is 52.6 Å². The molecular formula is C17H27N5O5. The topological polar surface area (TPSA) is 194 Å². The monoisotopic (exact) mass is 381 g/mol. The van der Waals surface area contributed by atoms with E-state index in [1.165, 1.54) is 0 Å². The van der Waals surface area contributed by atoms with Crippen LogP contribution in [0.5, 0.6) is 0 Å². The van der Waals surface area contributed by atoms with Crippen molar-refractivity contribution in [2.75, 3.05) is 6.54 Å². The van der Waals surface area contributed by atoms with E-state index in [4.69, 9.17) is 27.1 Å². The molecule has 0 bridgehead atoms. The Hall–Kier alpha value is -3.14. The maximum absolute atomic E-state index is 12.0. The molecule has 0 aliphatic rings. The molecule has 1 aromatic carbocycles. The van der Waals surface area contributed by atoms with E-state index in [1.807, 2.05) is 18.2 Å². The number of amides is 1. The highest BCUT2D eigenvalue weighted by molar-refractivity contribution is 5.86. The fourth-order valence-corrected chi connectivity index (χ4v) is 1.98. The van der Waals surface area contributed by atoms with Crippen LogP contribution in [0.25, 0.3) is 0 Å². The highest BCUT2D eigenvalue weighted by atomic mass is 16.4. The molecule has 27 heavy (non-hydrogen) atoms. The summed E-state index contributed by atoms with van der Waals surface area (Å²) in [6.45, 7) is 1.45. The Kier molecular flexibility index (Phi) is 11.6. The fourth-order valence-electron chi connectivity index (χ4n) is 1.98. The number of carboxylic acid groups (broad SMARTS) is 2. The molecule has 0 aliphatic heterocycles. The maximum Gasteiger partial charge on any atom is 0.326 e. The summed E-state index contributed by atoms with van der Waals surface area (Å²) in [5.41, 5.74) is 17.0. The van der Waals surface area contributed by atoms with E-state index in [-0.39, 0.29) is 12.4 Å². The molecule has 10 heteroatoms. The van der Waals surface area contributed by atoms with Gasteiger partial charge in [-0.3, -0.25) is 14.6 Å².